The summed E-state index contributed by atoms with van der Waals surface area (Å²) in [5, 5.41) is 0. The highest BCUT2D eigenvalue weighted by Crippen LogP contribution is 2.22. The standard InChI is InChI=1S/C15H23N3O4S/c1-11-9-17(10-12(2)22-11)15(19)14-7-13(8-16-14)23(20,21)18-5-3-4-6-18/h7-8,11-12,16H,3-6,9-10H2,1-2H3/t11-,12-/m1/s1. The molecule has 0 saturated carbocycles. The van der Waals surface area contributed by atoms with Gasteiger partial charge >= 0.3 is 0 Å². The number of carbonyl (C=O) groups is 1. The van der Waals surface area contributed by atoms with Gasteiger partial charge in [0, 0.05) is 32.4 Å². The summed E-state index contributed by atoms with van der Waals surface area (Å²) < 4.78 is 32.1. The molecule has 1 N–H and O–H groups in total. The van der Waals surface area contributed by atoms with Crippen molar-refractivity contribution >= 4 is 15.9 Å². The molecule has 3 rings (SSSR count). The lowest BCUT2D eigenvalue weighted by Crippen LogP contribution is -2.48. The molecule has 2 aliphatic rings. The summed E-state index contributed by atoms with van der Waals surface area (Å²) in [6.07, 6.45) is 3.14. The van der Waals surface area contributed by atoms with E-state index < -0.39 is 10.0 Å². The SMILES string of the molecule is C[C@@H]1CN(C(=O)c2cc(S(=O)(=O)N3CCCC3)c[nH]2)C[C@@H](C)O1. The van der Waals surface area contributed by atoms with Crippen LogP contribution in [0.15, 0.2) is 17.2 Å². The summed E-state index contributed by atoms with van der Waals surface area (Å²) in [6.45, 7) is 5.97. The summed E-state index contributed by atoms with van der Waals surface area (Å²) in [4.78, 5) is 17.3. The minimum atomic E-state index is -3.50. The van der Waals surface area contributed by atoms with Gasteiger partial charge in [-0.1, -0.05) is 0 Å². The molecule has 2 atom stereocenters. The number of rotatable bonds is 3. The third kappa shape index (κ3) is 3.29. The second-order valence-corrected chi connectivity index (χ2v) is 8.27. The predicted octanol–water partition coefficient (Wildman–Crippen LogP) is 1.05. The monoisotopic (exact) mass is 341 g/mol. The lowest BCUT2D eigenvalue weighted by Gasteiger charge is -2.35. The van der Waals surface area contributed by atoms with Crippen molar-refractivity contribution in [2.75, 3.05) is 26.2 Å². The van der Waals surface area contributed by atoms with E-state index in [1.165, 1.54) is 16.6 Å². The second kappa shape index (κ2) is 6.26. The molecule has 7 nitrogen and oxygen atoms in total. The number of amides is 1. The molecule has 2 saturated heterocycles. The summed E-state index contributed by atoms with van der Waals surface area (Å²) in [5.41, 5.74) is 0.309. The average Bonchev–Trinajstić information content (AvgIpc) is 3.17. The van der Waals surface area contributed by atoms with Crippen molar-refractivity contribution in [1.82, 2.24) is 14.2 Å². The van der Waals surface area contributed by atoms with Crippen molar-refractivity contribution in [2.45, 2.75) is 43.8 Å². The topological polar surface area (TPSA) is 82.7 Å². The van der Waals surface area contributed by atoms with E-state index >= 15 is 0 Å². The Balaban J connectivity index is 1.77. The van der Waals surface area contributed by atoms with Gasteiger partial charge < -0.3 is 14.6 Å². The third-order valence-corrected chi connectivity index (χ3v) is 6.17. The molecule has 23 heavy (non-hydrogen) atoms. The van der Waals surface area contributed by atoms with Gasteiger partial charge in [0.1, 0.15) is 10.6 Å². The number of H-pyrrole nitrogens is 1. The zero-order valence-electron chi connectivity index (χ0n) is 13.5. The minimum Gasteiger partial charge on any atom is -0.372 e. The van der Waals surface area contributed by atoms with E-state index in [1.807, 2.05) is 13.8 Å². The van der Waals surface area contributed by atoms with Crippen LogP contribution in [0.5, 0.6) is 0 Å². The molecule has 0 unspecified atom stereocenters. The first-order valence-electron chi connectivity index (χ1n) is 8.01. The maximum atomic E-state index is 12.6. The molecule has 1 amide bonds. The van der Waals surface area contributed by atoms with Crippen LogP contribution in [0.4, 0.5) is 0 Å². The predicted molar refractivity (Wildman–Crippen MR) is 84.7 cm³/mol. The van der Waals surface area contributed by atoms with Gasteiger partial charge in [-0.05, 0) is 32.8 Å². The number of sulfonamides is 1. The van der Waals surface area contributed by atoms with Crippen LogP contribution < -0.4 is 0 Å². The molecule has 0 aromatic carbocycles. The highest BCUT2D eigenvalue weighted by atomic mass is 32.2. The lowest BCUT2D eigenvalue weighted by molar-refractivity contribution is -0.0587. The van der Waals surface area contributed by atoms with E-state index in [1.54, 1.807) is 4.90 Å². The normalized spacial score (nSPS) is 26.6. The lowest BCUT2D eigenvalue weighted by atomic mass is 10.2. The van der Waals surface area contributed by atoms with Crippen molar-refractivity contribution in [2.24, 2.45) is 0 Å². The van der Waals surface area contributed by atoms with Crippen LogP contribution in [0.1, 0.15) is 37.2 Å². The molecule has 3 heterocycles. The number of nitrogens with one attached hydrogen (secondary N) is 1. The second-order valence-electron chi connectivity index (χ2n) is 6.33. The Morgan fingerprint density at radius 1 is 1.22 bits per heavy atom. The van der Waals surface area contributed by atoms with Gasteiger partial charge in [-0.25, -0.2) is 8.42 Å². The molecule has 0 spiro atoms. The Bertz CT molecular complexity index is 669. The molecule has 0 radical (unpaired) electrons. The van der Waals surface area contributed by atoms with Gasteiger partial charge in [0.05, 0.1) is 12.2 Å². The Morgan fingerprint density at radius 2 is 1.83 bits per heavy atom. The molecule has 1 aromatic heterocycles. The van der Waals surface area contributed by atoms with E-state index in [4.69, 9.17) is 4.74 Å². The third-order valence-electron chi connectivity index (χ3n) is 4.30. The van der Waals surface area contributed by atoms with Gasteiger partial charge in [0.2, 0.25) is 10.0 Å². The van der Waals surface area contributed by atoms with Gasteiger partial charge in [-0.15, -0.1) is 0 Å². The number of morpholine rings is 1. The molecular weight excluding hydrogens is 318 g/mol. The number of aromatic nitrogens is 1. The van der Waals surface area contributed by atoms with Crippen LogP contribution in [-0.2, 0) is 14.8 Å². The Morgan fingerprint density at radius 3 is 2.43 bits per heavy atom. The average molecular weight is 341 g/mol. The number of hydrogen-bond donors (Lipinski definition) is 1. The number of hydrogen-bond acceptors (Lipinski definition) is 4. The smallest absolute Gasteiger partial charge is 0.270 e. The van der Waals surface area contributed by atoms with E-state index in [9.17, 15) is 13.2 Å². The van der Waals surface area contributed by atoms with E-state index in [0.717, 1.165) is 12.8 Å². The summed E-state index contributed by atoms with van der Waals surface area (Å²) >= 11 is 0. The molecular formula is C15H23N3O4S. The fraction of sp³-hybridized carbons (Fsp3) is 0.667. The van der Waals surface area contributed by atoms with Crippen LogP contribution >= 0.6 is 0 Å². The molecule has 0 aliphatic carbocycles. The van der Waals surface area contributed by atoms with Crippen LogP contribution in [0.3, 0.4) is 0 Å². The summed E-state index contributed by atoms with van der Waals surface area (Å²) in [5.74, 6) is -0.185. The minimum absolute atomic E-state index is 0.0227. The van der Waals surface area contributed by atoms with Gasteiger partial charge in [0.15, 0.2) is 0 Å². The van der Waals surface area contributed by atoms with Crippen LogP contribution in [0, 0.1) is 0 Å². The summed E-state index contributed by atoms with van der Waals surface area (Å²) in [6, 6.07) is 1.45. The zero-order valence-corrected chi connectivity index (χ0v) is 14.3. The molecule has 1 aromatic rings. The quantitative estimate of drug-likeness (QED) is 0.891. The number of nitrogens with zero attached hydrogens (tertiary/aromatic N) is 2. The van der Waals surface area contributed by atoms with Crippen molar-refractivity contribution in [3.8, 4) is 0 Å². The highest BCUT2D eigenvalue weighted by molar-refractivity contribution is 7.89. The van der Waals surface area contributed by atoms with Gasteiger partial charge in [-0.2, -0.15) is 4.31 Å². The fourth-order valence-corrected chi connectivity index (χ4v) is 4.75. The van der Waals surface area contributed by atoms with Crippen LogP contribution in [-0.4, -0.2) is 66.9 Å². The molecule has 128 valence electrons. The van der Waals surface area contributed by atoms with E-state index in [2.05, 4.69) is 4.98 Å². The van der Waals surface area contributed by atoms with Crippen LogP contribution in [0.25, 0.3) is 0 Å². The largest absolute Gasteiger partial charge is 0.372 e. The zero-order chi connectivity index (χ0) is 16.6. The first-order chi connectivity index (χ1) is 10.9. The maximum absolute atomic E-state index is 12.6. The molecule has 8 heteroatoms. The van der Waals surface area contributed by atoms with Gasteiger partial charge in [-0.3, -0.25) is 4.79 Å². The van der Waals surface area contributed by atoms with Crippen molar-refractivity contribution in [1.29, 1.82) is 0 Å². The summed E-state index contributed by atoms with van der Waals surface area (Å²) in [7, 11) is -3.50. The first kappa shape index (κ1) is 16.5. The number of carbonyl (C=O) groups excluding carboxylic acids is 1. The Labute approximate surface area is 136 Å². The van der Waals surface area contributed by atoms with E-state index in [-0.39, 0.29) is 23.0 Å². The molecule has 2 aliphatic heterocycles. The Kier molecular flexibility index (Phi) is 4.48. The molecule has 0 bridgehead atoms. The number of aromatic amines is 1. The highest BCUT2D eigenvalue weighted by Gasteiger charge is 2.31. The van der Waals surface area contributed by atoms with E-state index in [0.29, 0.717) is 31.9 Å². The molecule has 2 fully saturated rings. The number of ether oxygens (including phenoxy) is 1. The van der Waals surface area contributed by atoms with Crippen molar-refractivity contribution < 1.29 is 17.9 Å². The fourth-order valence-electron chi connectivity index (χ4n) is 3.24. The van der Waals surface area contributed by atoms with Crippen molar-refractivity contribution in [3.05, 3.63) is 18.0 Å². The van der Waals surface area contributed by atoms with Crippen LogP contribution in [0.2, 0.25) is 0 Å². The van der Waals surface area contributed by atoms with Gasteiger partial charge in [0.25, 0.3) is 5.91 Å². The first-order valence-corrected chi connectivity index (χ1v) is 9.45. The van der Waals surface area contributed by atoms with Crippen molar-refractivity contribution in [3.63, 3.8) is 0 Å². The Hall–Kier alpha value is -1.38. The maximum Gasteiger partial charge on any atom is 0.270 e.